The zero-order chi connectivity index (χ0) is 20.3. The summed E-state index contributed by atoms with van der Waals surface area (Å²) in [4.78, 5) is 14.0. The SMILES string of the molecule is Cc1cccc(-c2ccccc2)c1C(=O)P(=O)(c1ccccc1)c1ccccc1. The van der Waals surface area contributed by atoms with E-state index in [0.29, 0.717) is 16.2 Å². The summed E-state index contributed by atoms with van der Waals surface area (Å²) in [6.07, 6.45) is 0. The molecule has 0 aliphatic carbocycles. The van der Waals surface area contributed by atoms with Crippen LogP contribution in [0.5, 0.6) is 0 Å². The first-order valence-corrected chi connectivity index (χ1v) is 11.2. The van der Waals surface area contributed by atoms with Crippen LogP contribution >= 0.6 is 7.14 Å². The minimum atomic E-state index is -3.55. The van der Waals surface area contributed by atoms with Crippen LogP contribution in [0.25, 0.3) is 11.1 Å². The average molecular weight is 396 g/mol. The van der Waals surface area contributed by atoms with Crippen LogP contribution in [0, 0.1) is 6.92 Å². The number of carbonyl (C=O) groups is 1. The molecule has 0 bridgehead atoms. The summed E-state index contributed by atoms with van der Waals surface area (Å²) in [7, 11) is -3.55. The highest BCUT2D eigenvalue weighted by atomic mass is 31.2. The van der Waals surface area contributed by atoms with Crippen molar-refractivity contribution >= 4 is 23.3 Å². The summed E-state index contributed by atoms with van der Waals surface area (Å²) in [6, 6.07) is 33.7. The molecule has 3 heteroatoms. The number of carbonyl (C=O) groups excluding carboxylic acids is 1. The lowest BCUT2D eigenvalue weighted by Gasteiger charge is -2.21. The lowest BCUT2D eigenvalue weighted by molar-refractivity contribution is 0.107. The summed E-state index contributed by atoms with van der Waals surface area (Å²) < 4.78 is 14.5. The molecular formula is C26H21O2P. The molecule has 0 aliphatic heterocycles. The molecule has 2 nitrogen and oxygen atoms in total. The summed E-state index contributed by atoms with van der Waals surface area (Å²) in [6.45, 7) is 1.90. The van der Waals surface area contributed by atoms with Crippen molar-refractivity contribution in [2.24, 2.45) is 0 Å². The zero-order valence-electron chi connectivity index (χ0n) is 16.2. The van der Waals surface area contributed by atoms with Crippen molar-refractivity contribution < 1.29 is 9.36 Å². The molecule has 0 saturated heterocycles. The Balaban J connectivity index is 1.98. The summed E-state index contributed by atoms with van der Waals surface area (Å²) in [5, 5.41) is 1.11. The second-order valence-corrected chi connectivity index (χ2v) is 9.61. The van der Waals surface area contributed by atoms with Crippen LogP contribution in [-0.2, 0) is 4.57 Å². The Bertz CT molecular complexity index is 1140. The highest BCUT2D eigenvalue weighted by Gasteiger charge is 2.38. The van der Waals surface area contributed by atoms with Gasteiger partial charge in [0.1, 0.15) is 0 Å². The third-order valence-electron chi connectivity index (χ3n) is 5.10. The quantitative estimate of drug-likeness (QED) is 0.399. The maximum absolute atomic E-state index is 14.5. The topological polar surface area (TPSA) is 34.1 Å². The standard InChI is InChI=1S/C26H21O2P/c1-20-12-11-19-24(21-13-5-2-6-14-21)25(20)26(27)29(28,22-15-7-3-8-16-22)23-17-9-4-10-18-23/h2-19H,1H3. The van der Waals surface area contributed by atoms with E-state index in [1.165, 1.54) is 0 Å². The first kappa shape index (κ1) is 19.1. The number of hydrogen-bond donors (Lipinski definition) is 0. The van der Waals surface area contributed by atoms with Crippen LogP contribution in [0.2, 0.25) is 0 Å². The van der Waals surface area contributed by atoms with Gasteiger partial charge in [-0.1, -0.05) is 109 Å². The maximum atomic E-state index is 14.5. The fraction of sp³-hybridized carbons (Fsp3) is 0.0385. The first-order valence-electron chi connectivity index (χ1n) is 9.53. The lowest BCUT2D eigenvalue weighted by Crippen LogP contribution is -2.23. The van der Waals surface area contributed by atoms with Crippen molar-refractivity contribution in [2.45, 2.75) is 6.92 Å². The molecule has 0 atom stereocenters. The van der Waals surface area contributed by atoms with Gasteiger partial charge in [0, 0.05) is 16.2 Å². The van der Waals surface area contributed by atoms with Crippen LogP contribution in [0.1, 0.15) is 15.9 Å². The molecule has 0 spiro atoms. The zero-order valence-corrected chi connectivity index (χ0v) is 17.1. The van der Waals surface area contributed by atoms with E-state index >= 15 is 0 Å². The number of rotatable bonds is 5. The van der Waals surface area contributed by atoms with Gasteiger partial charge in [-0.15, -0.1) is 0 Å². The Morgan fingerprint density at radius 1 is 0.621 bits per heavy atom. The molecule has 4 aromatic rings. The molecule has 29 heavy (non-hydrogen) atoms. The molecule has 0 amide bonds. The van der Waals surface area contributed by atoms with E-state index in [2.05, 4.69) is 0 Å². The largest absolute Gasteiger partial charge is 0.305 e. The molecule has 0 saturated carbocycles. The van der Waals surface area contributed by atoms with Gasteiger partial charge in [0.25, 0.3) is 0 Å². The molecule has 142 valence electrons. The van der Waals surface area contributed by atoms with Gasteiger partial charge >= 0.3 is 0 Å². The fourth-order valence-electron chi connectivity index (χ4n) is 3.63. The molecule has 0 radical (unpaired) electrons. The maximum Gasteiger partial charge on any atom is 0.231 e. The van der Waals surface area contributed by atoms with Crippen molar-refractivity contribution in [2.75, 3.05) is 0 Å². The first-order chi connectivity index (χ1) is 14.1. The summed E-state index contributed by atoms with van der Waals surface area (Å²) in [5.74, 6) is 0. The van der Waals surface area contributed by atoms with Crippen LogP contribution in [0.3, 0.4) is 0 Å². The molecule has 4 rings (SSSR count). The van der Waals surface area contributed by atoms with E-state index < -0.39 is 7.14 Å². The Kier molecular flexibility index (Phi) is 5.29. The van der Waals surface area contributed by atoms with Crippen molar-refractivity contribution in [3.8, 4) is 11.1 Å². The van der Waals surface area contributed by atoms with Gasteiger partial charge in [0.05, 0.1) is 0 Å². The highest BCUT2D eigenvalue weighted by Crippen LogP contribution is 2.48. The third kappa shape index (κ3) is 3.48. The van der Waals surface area contributed by atoms with Gasteiger partial charge in [-0.25, -0.2) is 0 Å². The van der Waals surface area contributed by atoms with Crippen molar-refractivity contribution in [3.63, 3.8) is 0 Å². The monoisotopic (exact) mass is 396 g/mol. The van der Waals surface area contributed by atoms with E-state index in [9.17, 15) is 9.36 Å². The van der Waals surface area contributed by atoms with E-state index in [1.807, 2.05) is 91.9 Å². The minimum absolute atomic E-state index is 0.327. The molecule has 0 N–H and O–H groups in total. The van der Waals surface area contributed by atoms with E-state index in [-0.39, 0.29) is 5.52 Å². The molecular weight excluding hydrogens is 375 g/mol. The highest BCUT2D eigenvalue weighted by molar-refractivity contribution is 7.93. The van der Waals surface area contributed by atoms with Gasteiger partial charge in [0.2, 0.25) is 12.7 Å². The predicted molar refractivity (Wildman–Crippen MR) is 121 cm³/mol. The summed E-state index contributed by atoms with van der Waals surface area (Å²) >= 11 is 0. The molecule has 0 unspecified atom stereocenters. The number of benzene rings is 4. The van der Waals surface area contributed by atoms with E-state index in [1.54, 1.807) is 24.3 Å². The lowest BCUT2D eigenvalue weighted by atomic mass is 9.97. The van der Waals surface area contributed by atoms with Crippen molar-refractivity contribution in [1.82, 2.24) is 0 Å². The van der Waals surface area contributed by atoms with Crippen molar-refractivity contribution in [1.29, 1.82) is 0 Å². The van der Waals surface area contributed by atoms with E-state index in [0.717, 1.165) is 16.7 Å². The fourth-order valence-corrected chi connectivity index (χ4v) is 6.19. The molecule has 4 aromatic carbocycles. The van der Waals surface area contributed by atoms with Gasteiger partial charge in [-0.05, 0) is 23.6 Å². The second-order valence-electron chi connectivity index (χ2n) is 6.95. The molecule has 0 aliphatic rings. The normalized spacial score (nSPS) is 11.2. The second kappa shape index (κ2) is 8.03. The number of hydrogen-bond acceptors (Lipinski definition) is 2. The smallest absolute Gasteiger partial charge is 0.231 e. The summed E-state index contributed by atoms with van der Waals surface area (Å²) in [5.41, 5.74) is 2.76. The minimum Gasteiger partial charge on any atom is -0.305 e. The Hall–Kier alpha value is -3.22. The molecule has 0 aromatic heterocycles. The Morgan fingerprint density at radius 2 is 1.10 bits per heavy atom. The average Bonchev–Trinajstić information content (AvgIpc) is 2.79. The van der Waals surface area contributed by atoms with Gasteiger partial charge in [0.15, 0.2) is 0 Å². The van der Waals surface area contributed by atoms with Gasteiger partial charge in [-0.2, -0.15) is 0 Å². The number of aryl methyl sites for hydroxylation is 1. The Morgan fingerprint density at radius 3 is 1.62 bits per heavy atom. The Labute approximate surface area is 171 Å². The van der Waals surface area contributed by atoms with Crippen molar-refractivity contribution in [3.05, 3.63) is 120 Å². The predicted octanol–water partition coefficient (Wildman–Crippen LogP) is 5.82. The van der Waals surface area contributed by atoms with Gasteiger partial charge in [-0.3, -0.25) is 4.79 Å². The van der Waals surface area contributed by atoms with Crippen LogP contribution in [0.4, 0.5) is 0 Å². The van der Waals surface area contributed by atoms with Crippen LogP contribution in [-0.4, -0.2) is 5.52 Å². The van der Waals surface area contributed by atoms with Gasteiger partial charge < -0.3 is 4.57 Å². The molecule has 0 fully saturated rings. The van der Waals surface area contributed by atoms with E-state index in [4.69, 9.17) is 0 Å². The molecule has 0 heterocycles. The van der Waals surface area contributed by atoms with Crippen LogP contribution in [0.15, 0.2) is 109 Å². The third-order valence-corrected chi connectivity index (χ3v) is 7.94. The van der Waals surface area contributed by atoms with Crippen LogP contribution < -0.4 is 10.6 Å².